The summed E-state index contributed by atoms with van der Waals surface area (Å²) in [5.74, 6) is 0.295. The number of halogens is 2. The summed E-state index contributed by atoms with van der Waals surface area (Å²) in [7, 11) is -1.90. The van der Waals surface area contributed by atoms with Crippen molar-refractivity contribution >= 4 is 37.6 Å². The number of sulfonamides is 1. The van der Waals surface area contributed by atoms with Gasteiger partial charge in [0.15, 0.2) is 0 Å². The highest BCUT2D eigenvalue weighted by molar-refractivity contribution is 9.10. The van der Waals surface area contributed by atoms with Crippen LogP contribution in [0.1, 0.15) is 31.4 Å². The van der Waals surface area contributed by atoms with E-state index < -0.39 is 10.0 Å². The van der Waals surface area contributed by atoms with Crippen LogP contribution in [0.4, 0.5) is 0 Å². The highest BCUT2D eigenvalue weighted by atomic mass is 79.9. The molecule has 0 aliphatic heterocycles. The van der Waals surface area contributed by atoms with Crippen molar-refractivity contribution in [3.63, 3.8) is 0 Å². The van der Waals surface area contributed by atoms with Crippen LogP contribution in [0.15, 0.2) is 21.5 Å². The number of nitrogens with zero attached hydrogens (tertiary/aromatic N) is 1. The molecule has 1 aromatic carbocycles. The third-order valence-corrected chi connectivity index (χ3v) is 6.92. The van der Waals surface area contributed by atoms with Crippen LogP contribution in [0.3, 0.4) is 0 Å². The van der Waals surface area contributed by atoms with Gasteiger partial charge < -0.3 is 0 Å². The van der Waals surface area contributed by atoms with Crippen molar-refractivity contribution in [3.05, 3.63) is 27.7 Å². The summed E-state index contributed by atoms with van der Waals surface area (Å²) < 4.78 is 27.3. The van der Waals surface area contributed by atoms with E-state index in [1.165, 1.54) is 4.31 Å². The van der Waals surface area contributed by atoms with E-state index in [0.29, 0.717) is 10.4 Å². The van der Waals surface area contributed by atoms with Crippen LogP contribution in [-0.2, 0) is 15.9 Å². The van der Waals surface area contributed by atoms with Crippen molar-refractivity contribution < 1.29 is 8.42 Å². The van der Waals surface area contributed by atoms with E-state index in [9.17, 15) is 8.42 Å². The van der Waals surface area contributed by atoms with Gasteiger partial charge in [0.05, 0.1) is 4.90 Å². The third kappa shape index (κ3) is 3.51. The van der Waals surface area contributed by atoms with Gasteiger partial charge in [-0.15, -0.1) is 11.6 Å². The van der Waals surface area contributed by atoms with Crippen LogP contribution in [0.25, 0.3) is 0 Å². The molecule has 0 N–H and O–H groups in total. The number of hydrogen-bond acceptors (Lipinski definition) is 2. The first-order chi connectivity index (χ1) is 8.75. The molecule has 0 spiro atoms. The van der Waals surface area contributed by atoms with E-state index in [1.54, 1.807) is 13.1 Å². The molecule has 0 fully saturated rings. The fourth-order valence-electron chi connectivity index (χ4n) is 1.72. The lowest BCUT2D eigenvalue weighted by Gasteiger charge is -2.24. The first kappa shape index (κ1) is 17.0. The zero-order chi connectivity index (χ0) is 14.8. The van der Waals surface area contributed by atoms with Crippen LogP contribution in [0.5, 0.6) is 0 Å². The Morgan fingerprint density at radius 3 is 2.47 bits per heavy atom. The van der Waals surface area contributed by atoms with E-state index in [-0.39, 0.29) is 10.9 Å². The van der Waals surface area contributed by atoms with Crippen molar-refractivity contribution in [2.45, 2.75) is 44.0 Å². The van der Waals surface area contributed by atoms with Crippen molar-refractivity contribution in [2.24, 2.45) is 0 Å². The fraction of sp³-hybridized carbons (Fsp3) is 0.538. The molecule has 0 saturated carbocycles. The average molecular weight is 369 g/mol. The van der Waals surface area contributed by atoms with Gasteiger partial charge in [-0.1, -0.05) is 13.0 Å². The van der Waals surface area contributed by atoms with Crippen molar-refractivity contribution in [3.8, 4) is 0 Å². The molecule has 3 nitrogen and oxygen atoms in total. The van der Waals surface area contributed by atoms with Gasteiger partial charge >= 0.3 is 0 Å². The average Bonchev–Trinajstić information content (AvgIpc) is 2.39. The van der Waals surface area contributed by atoms with Gasteiger partial charge in [0.25, 0.3) is 0 Å². The predicted molar refractivity (Wildman–Crippen MR) is 83.1 cm³/mol. The topological polar surface area (TPSA) is 37.4 Å². The lowest BCUT2D eigenvalue weighted by molar-refractivity contribution is 0.380. The number of benzene rings is 1. The molecular formula is C13H19BrClNO2S. The van der Waals surface area contributed by atoms with Gasteiger partial charge in [0, 0.05) is 23.4 Å². The smallest absolute Gasteiger partial charge is 0.207 e. The minimum atomic E-state index is -3.51. The summed E-state index contributed by atoms with van der Waals surface area (Å²) in [5.41, 5.74) is 1.67. The van der Waals surface area contributed by atoms with Crippen molar-refractivity contribution in [2.75, 3.05) is 7.05 Å². The molecule has 108 valence electrons. The molecular weight excluding hydrogens is 350 g/mol. The fourth-order valence-corrected chi connectivity index (χ4v) is 4.34. The molecule has 0 saturated heterocycles. The van der Waals surface area contributed by atoms with Gasteiger partial charge in [-0.3, -0.25) is 0 Å². The molecule has 0 heterocycles. The van der Waals surface area contributed by atoms with E-state index in [1.807, 2.05) is 26.8 Å². The van der Waals surface area contributed by atoms with Gasteiger partial charge in [0.1, 0.15) is 0 Å². The molecule has 6 heteroatoms. The lowest BCUT2D eigenvalue weighted by atomic mass is 10.2. The molecule has 0 aliphatic rings. The Morgan fingerprint density at radius 1 is 1.42 bits per heavy atom. The summed E-state index contributed by atoms with van der Waals surface area (Å²) in [4.78, 5) is 0.283. The molecule has 0 aliphatic carbocycles. The van der Waals surface area contributed by atoms with E-state index in [0.717, 1.165) is 17.5 Å². The molecule has 0 bridgehead atoms. The van der Waals surface area contributed by atoms with Crippen LogP contribution in [0, 0.1) is 6.92 Å². The number of aryl methyl sites for hydroxylation is 1. The summed E-state index contributed by atoms with van der Waals surface area (Å²) in [6.07, 6.45) is 0.765. The van der Waals surface area contributed by atoms with Crippen LogP contribution in [-0.4, -0.2) is 25.8 Å². The molecule has 0 radical (unpaired) electrons. The maximum atomic E-state index is 12.6. The Hall–Kier alpha value is -0.100. The Morgan fingerprint density at radius 2 is 2.00 bits per heavy atom. The first-order valence-corrected chi connectivity index (χ1v) is 8.85. The summed E-state index contributed by atoms with van der Waals surface area (Å²) >= 11 is 9.19. The second-order valence-electron chi connectivity index (χ2n) is 4.64. The second-order valence-corrected chi connectivity index (χ2v) is 7.66. The maximum Gasteiger partial charge on any atom is 0.244 e. The second kappa shape index (κ2) is 6.57. The number of alkyl halides is 1. The Kier molecular flexibility index (Phi) is 5.86. The van der Waals surface area contributed by atoms with Crippen LogP contribution in [0.2, 0.25) is 0 Å². The zero-order valence-electron chi connectivity index (χ0n) is 11.6. The normalized spacial score (nSPS) is 13.8. The van der Waals surface area contributed by atoms with Crippen molar-refractivity contribution in [1.29, 1.82) is 0 Å². The molecule has 0 amide bonds. The van der Waals surface area contributed by atoms with Crippen LogP contribution < -0.4 is 0 Å². The SMILES string of the molecule is CCC(C)N(C)S(=O)(=O)c1cc(CCl)cc(C)c1Br. The van der Waals surface area contributed by atoms with Gasteiger partial charge in [0.2, 0.25) is 10.0 Å². The van der Waals surface area contributed by atoms with Gasteiger partial charge in [-0.2, -0.15) is 4.31 Å². The summed E-state index contributed by atoms with van der Waals surface area (Å²) in [6, 6.07) is 3.48. The highest BCUT2D eigenvalue weighted by Gasteiger charge is 2.27. The molecule has 1 atom stereocenters. The molecule has 1 unspecified atom stereocenters. The molecule has 0 aromatic heterocycles. The minimum Gasteiger partial charge on any atom is -0.207 e. The Bertz CT molecular complexity index is 560. The zero-order valence-corrected chi connectivity index (χ0v) is 14.7. The Balaban J connectivity index is 3.40. The number of rotatable bonds is 5. The van der Waals surface area contributed by atoms with Gasteiger partial charge in [-0.05, 0) is 53.4 Å². The standard InChI is InChI=1S/C13H19BrClNO2S/c1-5-10(3)16(4)19(17,18)12-7-11(8-15)6-9(2)13(12)14/h6-7,10H,5,8H2,1-4H3. The first-order valence-electron chi connectivity index (χ1n) is 6.08. The van der Waals surface area contributed by atoms with E-state index >= 15 is 0 Å². The third-order valence-electron chi connectivity index (χ3n) is 3.30. The highest BCUT2D eigenvalue weighted by Crippen LogP contribution is 2.30. The minimum absolute atomic E-state index is 0.0446. The van der Waals surface area contributed by atoms with E-state index in [4.69, 9.17) is 11.6 Å². The maximum absolute atomic E-state index is 12.6. The largest absolute Gasteiger partial charge is 0.244 e. The van der Waals surface area contributed by atoms with Crippen molar-refractivity contribution in [1.82, 2.24) is 4.31 Å². The monoisotopic (exact) mass is 367 g/mol. The quantitative estimate of drug-likeness (QED) is 0.739. The molecule has 1 aromatic rings. The number of hydrogen-bond donors (Lipinski definition) is 0. The van der Waals surface area contributed by atoms with Gasteiger partial charge in [-0.25, -0.2) is 8.42 Å². The molecule has 1 rings (SSSR count). The van der Waals surface area contributed by atoms with E-state index in [2.05, 4.69) is 15.9 Å². The summed E-state index contributed by atoms with van der Waals surface area (Å²) in [6.45, 7) is 5.72. The Labute approximate surface area is 129 Å². The predicted octanol–water partition coefficient (Wildman–Crippen LogP) is 3.92. The van der Waals surface area contributed by atoms with Crippen LogP contribution >= 0.6 is 27.5 Å². The molecule has 19 heavy (non-hydrogen) atoms. The lowest BCUT2D eigenvalue weighted by Crippen LogP contribution is -2.34. The summed E-state index contributed by atoms with van der Waals surface area (Å²) in [5, 5.41) is 0.